The Morgan fingerprint density at radius 2 is 2.30 bits per heavy atom. The predicted molar refractivity (Wildman–Crippen MR) is 74.5 cm³/mol. The van der Waals surface area contributed by atoms with Gasteiger partial charge in [-0.1, -0.05) is 6.07 Å². The third-order valence-electron chi connectivity index (χ3n) is 3.26. The summed E-state index contributed by atoms with van der Waals surface area (Å²) in [6, 6.07) is 4.54. The van der Waals surface area contributed by atoms with Gasteiger partial charge in [0, 0.05) is 30.9 Å². The van der Waals surface area contributed by atoms with Gasteiger partial charge in [0.15, 0.2) is 0 Å². The molecule has 0 saturated heterocycles. The van der Waals surface area contributed by atoms with Gasteiger partial charge in [-0.05, 0) is 24.5 Å². The molecule has 1 heterocycles. The molecule has 2 aromatic rings. The summed E-state index contributed by atoms with van der Waals surface area (Å²) in [5.74, 6) is 5.72. The van der Waals surface area contributed by atoms with Crippen LogP contribution in [0.1, 0.15) is 23.6 Å². The first-order chi connectivity index (χ1) is 9.63. The van der Waals surface area contributed by atoms with E-state index < -0.39 is 0 Å². The van der Waals surface area contributed by atoms with Gasteiger partial charge in [0.05, 0.1) is 13.3 Å². The highest BCUT2D eigenvalue weighted by Gasteiger charge is 2.15. The molecule has 1 unspecified atom stereocenters. The summed E-state index contributed by atoms with van der Waals surface area (Å²) >= 11 is 0. The minimum absolute atomic E-state index is 0.249. The van der Waals surface area contributed by atoms with Crippen LogP contribution in [0, 0.1) is 5.82 Å². The minimum Gasteiger partial charge on any atom is -0.497 e. The molecule has 6 heteroatoms. The summed E-state index contributed by atoms with van der Waals surface area (Å²) in [6.07, 6.45) is 5.20. The number of hydrazine groups is 1. The van der Waals surface area contributed by atoms with Gasteiger partial charge in [0.25, 0.3) is 0 Å². The lowest BCUT2D eigenvalue weighted by Gasteiger charge is -2.17. The molecule has 5 nitrogen and oxygen atoms in total. The molecule has 0 aliphatic rings. The van der Waals surface area contributed by atoms with E-state index in [0.29, 0.717) is 17.7 Å². The van der Waals surface area contributed by atoms with E-state index in [1.165, 1.54) is 13.2 Å². The highest BCUT2D eigenvalue weighted by Crippen LogP contribution is 2.24. The Kier molecular flexibility index (Phi) is 4.70. The number of aryl methyl sites for hydroxylation is 2. The van der Waals surface area contributed by atoms with Crippen LogP contribution in [0.2, 0.25) is 0 Å². The molecule has 0 saturated carbocycles. The van der Waals surface area contributed by atoms with E-state index in [1.54, 1.807) is 23.0 Å². The van der Waals surface area contributed by atoms with E-state index in [1.807, 2.05) is 13.2 Å². The van der Waals surface area contributed by atoms with Crippen molar-refractivity contribution in [3.05, 3.63) is 47.5 Å². The van der Waals surface area contributed by atoms with Crippen LogP contribution in [-0.4, -0.2) is 16.9 Å². The maximum absolute atomic E-state index is 14.0. The molecule has 108 valence electrons. The average Bonchev–Trinajstić information content (AvgIpc) is 2.86. The topological polar surface area (TPSA) is 65.1 Å². The van der Waals surface area contributed by atoms with Crippen molar-refractivity contribution in [2.24, 2.45) is 12.9 Å². The number of methoxy groups -OCH3 is 1. The first kappa shape index (κ1) is 14.5. The highest BCUT2D eigenvalue weighted by atomic mass is 19.1. The second-order valence-corrected chi connectivity index (χ2v) is 4.67. The molecule has 1 aromatic carbocycles. The number of hydrogen-bond donors (Lipinski definition) is 2. The predicted octanol–water partition coefficient (Wildman–Crippen LogP) is 1.71. The summed E-state index contributed by atoms with van der Waals surface area (Å²) in [5, 5.41) is 4.11. The summed E-state index contributed by atoms with van der Waals surface area (Å²) < 4.78 is 20.7. The van der Waals surface area contributed by atoms with Crippen LogP contribution in [0.15, 0.2) is 30.6 Å². The van der Waals surface area contributed by atoms with Gasteiger partial charge in [-0.3, -0.25) is 16.0 Å². The van der Waals surface area contributed by atoms with E-state index in [9.17, 15) is 4.39 Å². The van der Waals surface area contributed by atoms with Gasteiger partial charge in [0.2, 0.25) is 0 Å². The molecule has 2 rings (SSSR count). The van der Waals surface area contributed by atoms with Crippen LogP contribution >= 0.6 is 0 Å². The molecule has 0 aliphatic heterocycles. The van der Waals surface area contributed by atoms with Gasteiger partial charge in [-0.25, -0.2) is 4.39 Å². The summed E-state index contributed by atoms with van der Waals surface area (Å²) in [7, 11) is 3.38. The Bertz CT molecular complexity index is 570. The first-order valence-electron chi connectivity index (χ1n) is 6.41. The number of ether oxygens (including phenoxy) is 1. The van der Waals surface area contributed by atoms with E-state index in [0.717, 1.165) is 12.0 Å². The zero-order valence-corrected chi connectivity index (χ0v) is 11.6. The van der Waals surface area contributed by atoms with E-state index >= 15 is 0 Å². The maximum atomic E-state index is 14.0. The summed E-state index contributed by atoms with van der Waals surface area (Å²) in [5.41, 5.74) is 4.30. The minimum atomic E-state index is -0.321. The van der Waals surface area contributed by atoms with Gasteiger partial charge in [-0.2, -0.15) is 5.10 Å². The van der Waals surface area contributed by atoms with Crippen molar-refractivity contribution in [3.8, 4) is 5.75 Å². The van der Waals surface area contributed by atoms with Crippen LogP contribution in [0.5, 0.6) is 5.75 Å². The number of nitrogens with zero attached hydrogens (tertiary/aromatic N) is 2. The van der Waals surface area contributed by atoms with Crippen LogP contribution < -0.4 is 16.0 Å². The summed E-state index contributed by atoms with van der Waals surface area (Å²) in [6.45, 7) is 0. The van der Waals surface area contributed by atoms with Gasteiger partial charge in [0.1, 0.15) is 11.6 Å². The van der Waals surface area contributed by atoms with Crippen molar-refractivity contribution in [2.45, 2.75) is 18.9 Å². The molecule has 0 radical (unpaired) electrons. The fraction of sp³-hybridized carbons (Fsp3) is 0.357. The van der Waals surface area contributed by atoms with Gasteiger partial charge >= 0.3 is 0 Å². The lowest BCUT2D eigenvalue weighted by molar-refractivity contribution is 0.408. The second-order valence-electron chi connectivity index (χ2n) is 4.67. The van der Waals surface area contributed by atoms with Gasteiger partial charge < -0.3 is 4.74 Å². The van der Waals surface area contributed by atoms with E-state index in [-0.39, 0.29) is 11.9 Å². The number of halogens is 1. The second kappa shape index (κ2) is 6.49. The van der Waals surface area contributed by atoms with E-state index in [2.05, 4.69) is 10.5 Å². The number of aromatic nitrogens is 2. The SMILES string of the molecule is COc1ccc(C(CCc2cnn(C)c2)NN)c(F)c1. The van der Waals surface area contributed by atoms with Crippen molar-refractivity contribution in [2.75, 3.05) is 7.11 Å². The lowest BCUT2D eigenvalue weighted by atomic mass is 10.00. The van der Waals surface area contributed by atoms with Crippen LogP contribution in [0.3, 0.4) is 0 Å². The molecule has 0 spiro atoms. The fourth-order valence-electron chi connectivity index (χ4n) is 2.16. The number of rotatable bonds is 6. The Morgan fingerprint density at radius 3 is 2.85 bits per heavy atom. The van der Waals surface area contributed by atoms with Gasteiger partial charge in [-0.15, -0.1) is 0 Å². The molecule has 20 heavy (non-hydrogen) atoms. The number of nitrogens with one attached hydrogen (secondary N) is 1. The van der Waals surface area contributed by atoms with Crippen LogP contribution in [0.4, 0.5) is 4.39 Å². The quantitative estimate of drug-likeness (QED) is 0.623. The molecule has 1 aromatic heterocycles. The normalized spacial score (nSPS) is 12.4. The number of hydrogen-bond acceptors (Lipinski definition) is 4. The molecule has 0 aliphatic carbocycles. The smallest absolute Gasteiger partial charge is 0.131 e. The molecule has 0 bridgehead atoms. The standard InChI is InChI=1S/C14H19FN4O/c1-19-9-10(8-17-19)3-6-14(18-16)12-5-4-11(20-2)7-13(12)15/h4-5,7-9,14,18H,3,6,16H2,1-2H3. The van der Waals surface area contributed by atoms with Crippen molar-refractivity contribution in [1.29, 1.82) is 0 Å². The molecule has 3 N–H and O–H groups in total. The van der Waals surface area contributed by atoms with Crippen LogP contribution in [-0.2, 0) is 13.5 Å². The third kappa shape index (κ3) is 3.34. The van der Waals surface area contributed by atoms with Crippen LogP contribution in [0.25, 0.3) is 0 Å². The Morgan fingerprint density at radius 1 is 1.50 bits per heavy atom. The largest absolute Gasteiger partial charge is 0.497 e. The first-order valence-corrected chi connectivity index (χ1v) is 6.41. The Hall–Kier alpha value is -1.92. The molecular weight excluding hydrogens is 259 g/mol. The average molecular weight is 278 g/mol. The third-order valence-corrected chi connectivity index (χ3v) is 3.26. The molecular formula is C14H19FN4O. The fourth-order valence-corrected chi connectivity index (χ4v) is 2.16. The zero-order chi connectivity index (χ0) is 14.5. The molecule has 1 atom stereocenters. The molecule has 0 fully saturated rings. The van der Waals surface area contributed by atoms with E-state index in [4.69, 9.17) is 10.6 Å². The number of benzene rings is 1. The van der Waals surface area contributed by atoms with Crippen molar-refractivity contribution < 1.29 is 9.13 Å². The van der Waals surface area contributed by atoms with Crippen molar-refractivity contribution in [1.82, 2.24) is 15.2 Å². The lowest BCUT2D eigenvalue weighted by Crippen LogP contribution is -2.29. The summed E-state index contributed by atoms with van der Waals surface area (Å²) in [4.78, 5) is 0. The maximum Gasteiger partial charge on any atom is 0.131 e. The monoisotopic (exact) mass is 278 g/mol. The number of nitrogens with two attached hydrogens (primary N) is 1. The van der Waals surface area contributed by atoms with Crippen molar-refractivity contribution >= 4 is 0 Å². The molecule has 0 amide bonds. The zero-order valence-electron chi connectivity index (χ0n) is 11.6. The Labute approximate surface area is 117 Å². The highest BCUT2D eigenvalue weighted by molar-refractivity contribution is 5.31. The Balaban J connectivity index is 2.07. The van der Waals surface area contributed by atoms with Crippen molar-refractivity contribution in [3.63, 3.8) is 0 Å².